The van der Waals surface area contributed by atoms with E-state index in [1.807, 2.05) is 0 Å². The minimum Gasteiger partial charge on any atom is -0.351 e. The quantitative estimate of drug-likeness (QED) is 0.679. The summed E-state index contributed by atoms with van der Waals surface area (Å²) in [5.74, 6) is -0.654. The van der Waals surface area contributed by atoms with E-state index in [-0.39, 0.29) is 0 Å². The van der Waals surface area contributed by atoms with Gasteiger partial charge in [-0.2, -0.15) is 31.6 Å². The highest BCUT2D eigenvalue weighted by Gasteiger charge is 2.38. The van der Waals surface area contributed by atoms with Gasteiger partial charge in [0.25, 0.3) is 0 Å². The zero-order valence-corrected chi connectivity index (χ0v) is 14.9. The summed E-state index contributed by atoms with van der Waals surface area (Å²) in [6, 6.07) is 2.26. The van der Waals surface area contributed by atoms with Gasteiger partial charge in [-0.15, -0.1) is 0 Å². The number of anilines is 1. The summed E-state index contributed by atoms with van der Waals surface area (Å²) in [6.45, 7) is 1.66. The Bertz CT molecular complexity index is 708. The molecule has 1 aromatic rings. The second-order valence-corrected chi connectivity index (χ2v) is 6.02. The molecule has 0 fully saturated rings. The van der Waals surface area contributed by atoms with Gasteiger partial charge < -0.3 is 9.80 Å². The summed E-state index contributed by atoms with van der Waals surface area (Å²) >= 11 is 0. The molecule has 1 amide bonds. The SMILES string of the molecule is CCCN(C)C(=O)[C@H](C)N(CC(F)(F)F)c1ccc(C#N)c(C(F)(F)F)c1. The highest BCUT2D eigenvalue weighted by Crippen LogP contribution is 2.35. The summed E-state index contributed by atoms with van der Waals surface area (Å²) in [7, 11) is 1.41. The minimum atomic E-state index is -4.92. The summed E-state index contributed by atoms with van der Waals surface area (Å²) in [6.07, 6.45) is -9.09. The molecular weight excluding hydrogens is 376 g/mol. The van der Waals surface area contributed by atoms with Crippen LogP contribution in [0, 0.1) is 11.3 Å². The van der Waals surface area contributed by atoms with E-state index in [0.717, 1.165) is 12.1 Å². The van der Waals surface area contributed by atoms with Crippen LogP contribution in [0.25, 0.3) is 0 Å². The Morgan fingerprint density at radius 3 is 2.26 bits per heavy atom. The number of carbonyl (C=O) groups excluding carboxylic acids is 1. The molecule has 0 aliphatic carbocycles. The smallest absolute Gasteiger partial charge is 0.351 e. The molecule has 10 heteroatoms. The van der Waals surface area contributed by atoms with Crippen molar-refractivity contribution in [2.24, 2.45) is 0 Å². The molecule has 0 saturated carbocycles. The standard InChI is InChI=1S/C17H19F6N3O/c1-4-7-25(3)15(27)11(2)26(10-16(18,19)20)13-6-5-12(9-24)14(8-13)17(21,22)23/h5-6,8,11H,4,7,10H2,1-3H3/t11-/m0/s1. The third kappa shape index (κ3) is 6.05. The third-order valence-electron chi connectivity index (χ3n) is 3.87. The number of nitrogens with zero attached hydrogens (tertiary/aromatic N) is 3. The maximum absolute atomic E-state index is 13.1. The molecule has 1 aromatic carbocycles. The molecule has 0 aliphatic heterocycles. The van der Waals surface area contributed by atoms with Crippen LogP contribution in [0.3, 0.4) is 0 Å². The highest BCUT2D eigenvalue weighted by atomic mass is 19.4. The Morgan fingerprint density at radius 1 is 1.22 bits per heavy atom. The van der Waals surface area contributed by atoms with Crippen LogP contribution in [-0.2, 0) is 11.0 Å². The number of alkyl halides is 6. The van der Waals surface area contributed by atoms with E-state index in [2.05, 4.69) is 0 Å². The first-order valence-corrected chi connectivity index (χ1v) is 8.01. The lowest BCUT2D eigenvalue weighted by Crippen LogP contribution is -2.49. The van der Waals surface area contributed by atoms with Crippen LogP contribution in [0.2, 0.25) is 0 Å². The van der Waals surface area contributed by atoms with Crippen LogP contribution < -0.4 is 4.90 Å². The minimum absolute atomic E-state index is 0.296. The van der Waals surface area contributed by atoms with Crippen LogP contribution in [-0.4, -0.2) is 43.2 Å². The van der Waals surface area contributed by atoms with Gasteiger partial charge in [0.15, 0.2) is 0 Å². The Hall–Kier alpha value is -2.44. The molecular formula is C17H19F6N3O. The second kappa shape index (κ2) is 8.50. The van der Waals surface area contributed by atoms with Crippen molar-refractivity contribution in [3.63, 3.8) is 0 Å². The van der Waals surface area contributed by atoms with Crippen LogP contribution in [0.15, 0.2) is 18.2 Å². The molecule has 0 spiro atoms. The van der Waals surface area contributed by atoms with Gasteiger partial charge in [0.1, 0.15) is 12.6 Å². The largest absolute Gasteiger partial charge is 0.417 e. The fraction of sp³-hybridized carbons (Fsp3) is 0.529. The monoisotopic (exact) mass is 395 g/mol. The summed E-state index contributed by atoms with van der Waals surface area (Å²) < 4.78 is 78.4. The summed E-state index contributed by atoms with van der Waals surface area (Å²) in [5.41, 5.74) is -2.50. The fourth-order valence-electron chi connectivity index (χ4n) is 2.59. The second-order valence-electron chi connectivity index (χ2n) is 6.02. The Labute approximate surface area is 153 Å². The molecule has 0 heterocycles. The molecule has 0 unspecified atom stereocenters. The number of carbonyl (C=O) groups is 1. The average Bonchev–Trinajstić information content (AvgIpc) is 2.56. The van der Waals surface area contributed by atoms with E-state index in [1.54, 1.807) is 6.92 Å². The molecule has 0 aromatic heterocycles. The molecule has 1 rings (SSSR count). The highest BCUT2D eigenvalue weighted by molar-refractivity contribution is 5.85. The molecule has 0 aliphatic rings. The van der Waals surface area contributed by atoms with Gasteiger partial charge in [-0.1, -0.05) is 6.92 Å². The normalized spacial score (nSPS) is 13.0. The number of likely N-dealkylation sites (N-methyl/N-ethyl adjacent to an activating group) is 1. The zero-order chi connectivity index (χ0) is 21.0. The first kappa shape index (κ1) is 22.6. The lowest BCUT2D eigenvalue weighted by Gasteiger charge is -2.34. The van der Waals surface area contributed by atoms with E-state index in [0.29, 0.717) is 23.9 Å². The van der Waals surface area contributed by atoms with Crippen molar-refractivity contribution in [1.82, 2.24) is 4.90 Å². The number of hydrogen-bond acceptors (Lipinski definition) is 3. The van der Waals surface area contributed by atoms with Gasteiger partial charge in [0, 0.05) is 19.3 Å². The van der Waals surface area contributed by atoms with Crippen molar-refractivity contribution < 1.29 is 31.1 Å². The summed E-state index contributed by atoms with van der Waals surface area (Å²) in [5, 5.41) is 8.82. The van der Waals surface area contributed by atoms with Crippen LogP contribution in [0.4, 0.5) is 32.0 Å². The number of rotatable bonds is 6. The predicted molar refractivity (Wildman–Crippen MR) is 87.0 cm³/mol. The zero-order valence-electron chi connectivity index (χ0n) is 14.9. The van der Waals surface area contributed by atoms with Crippen molar-refractivity contribution in [2.75, 3.05) is 25.0 Å². The van der Waals surface area contributed by atoms with Crippen molar-refractivity contribution in [2.45, 2.75) is 38.7 Å². The van der Waals surface area contributed by atoms with Crippen molar-refractivity contribution in [3.8, 4) is 6.07 Å². The average molecular weight is 395 g/mol. The van der Waals surface area contributed by atoms with Crippen molar-refractivity contribution >= 4 is 11.6 Å². The number of nitriles is 1. The first-order chi connectivity index (χ1) is 12.3. The van der Waals surface area contributed by atoms with E-state index in [4.69, 9.17) is 5.26 Å². The fourth-order valence-corrected chi connectivity index (χ4v) is 2.59. The number of hydrogen-bond donors (Lipinski definition) is 0. The molecule has 0 bridgehead atoms. The van der Waals surface area contributed by atoms with Crippen LogP contribution in [0.1, 0.15) is 31.4 Å². The Morgan fingerprint density at radius 2 is 1.81 bits per heavy atom. The van der Waals surface area contributed by atoms with Gasteiger partial charge in [0.2, 0.25) is 5.91 Å². The molecule has 1 atom stereocenters. The van der Waals surface area contributed by atoms with Gasteiger partial charge >= 0.3 is 12.4 Å². The topological polar surface area (TPSA) is 47.3 Å². The van der Waals surface area contributed by atoms with Crippen molar-refractivity contribution in [3.05, 3.63) is 29.3 Å². The molecule has 0 N–H and O–H groups in total. The lowest BCUT2D eigenvalue weighted by molar-refractivity contribution is -0.137. The first-order valence-electron chi connectivity index (χ1n) is 8.01. The Balaban J connectivity index is 3.41. The molecule has 4 nitrogen and oxygen atoms in total. The predicted octanol–water partition coefficient (Wildman–Crippen LogP) is 4.20. The molecule has 0 radical (unpaired) electrons. The lowest BCUT2D eigenvalue weighted by atomic mass is 10.1. The van der Waals surface area contributed by atoms with E-state index < -0.39 is 47.7 Å². The molecule has 150 valence electrons. The maximum Gasteiger partial charge on any atom is 0.417 e. The van der Waals surface area contributed by atoms with E-state index in [9.17, 15) is 31.1 Å². The van der Waals surface area contributed by atoms with Crippen molar-refractivity contribution in [1.29, 1.82) is 5.26 Å². The number of amides is 1. The number of benzene rings is 1. The van der Waals surface area contributed by atoms with E-state index in [1.165, 1.54) is 24.9 Å². The third-order valence-corrected chi connectivity index (χ3v) is 3.87. The van der Waals surface area contributed by atoms with E-state index >= 15 is 0 Å². The van der Waals surface area contributed by atoms with Gasteiger partial charge in [-0.3, -0.25) is 4.79 Å². The van der Waals surface area contributed by atoms with Gasteiger partial charge in [-0.25, -0.2) is 0 Å². The maximum atomic E-state index is 13.1. The molecule has 0 saturated heterocycles. The van der Waals surface area contributed by atoms with Crippen LogP contribution in [0.5, 0.6) is 0 Å². The molecule has 27 heavy (non-hydrogen) atoms. The number of halogens is 6. The Kier molecular flexibility index (Phi) is 7.11. The van der Waals surface area contributed by atoms with Crippen LogP contribution >= 0.6 is 0 Å². The van der Waals surface area contributed by atoms with Gasteiger partial charge in [-0.05, 0) is 31.5 Å². The summed E-state index contributed by atoms with van der Waals surface area (Å²) in [4.78, 5) is 14.2. The van der Waals surface area contributed by atoms with Gasteiger partial charge in [0.05, 0.1) is 17.2 Å².